The molecule has 23 heavy (non-hydrogen) atoms. The fraction of sp³-hybridized carbons (Fsp3) is 0.765. The van der Waals surface area contributed by atoms with Gasteiger partial charge in [0.05, 0.1) is 22.9 Å². The van der Waals surface area contributed by atoms with Gasteiger partial charge in [-0.25, -0.2) is 4.79 Å². The minimum Gasteiger partial charge on any atom is -0.367 e. The molecule has 1 atom stereocenters. The SMILES string of the molecule is Cc1cc(C)n(CCCNC(=O)N[C@@H]2CC(C)(C)OC2(C)C)n1. The summed E-state index contributed by atoms with van der Waals surface area (Å²) < 4.78 is 7.97. The van der Waals surface area contributed by atoms with Gasteiger partial charge in [-0.15, -0.1) is 0 Å². The maximum absolute atomic E-state index is 12.1. The highest BCUT2D eigenvalue weighted by atomic mass is 16.5. The maximum Gasteiger partial charge on any atom is 0.315 e. The molecule has 0 bridgehead atoms. The molecule has 0 saturated carbocycles. The highest BCUT2D eigenvalue weighted by Crippen LogP contribution is 2.37. The molecule has 130 valence electrons. The van der Waals surface area contributed by atoms with Crippen LogP contribution in [0.15, 0.2) is 6.07 Å². The summed E-state index contributed by atoms with van der Waals surface area (Å²) >= 11 is 0. The molecule has 1 aromatic rings. The molecule has 1 aliphatic heterocycles. The molecule has 1 aliphatic rings. The van der Waals surface area contributed by atoms with Gasteiger partial charge in [0.1, 0.15) is 0 Å². The van der Waals surface area contributed by atoms with E-state index in [1.807, 2.05) is 32.4 Å². The summed E-state index contributed by atoms with van der Waals surface area (Å²) in [6, 6.07) is 1.95. The van der Waals surface area contributed by atoms with E-state index in [1.54, 1.807) is 0 Å². The van der Waals surface area contributed by atoms with Gasteiger partial charge < -0.3 is 15.4 Å². The fourth-order valence-electron chi connectivity index (χ4n) is 3.33. The number of ether oxygens (including phenoxy) is 1. The molecule has 1 fully saturated rings. The van der Waals surface area contributed by atoms with Crippen molar-refractivity contribution in [1.82, 2.24) is 20.4 Å². The number of aromatic nitrogens is 2. The lowest BCUT2D eigenvalue weighted by molar-refractivity contribution is -0.0690. The third-order valence-corrected chi connectivity index (χ3v) is 4.32. The second kappa shape index (κ2) is 6.51. The number of aryl methyl sites for hydroxylation is 3. The second-order valence-electron chi connectivity index (χ2n) is 7.63. The van der Waals surface area contributed by atoms with Gasteiger partial charge in [-0.1, -0.05) is 0 Å². The van der Waals surface area contributed by atoms with Crippen LogP contribution >= 0.6 is 0 Å². The van der Waals surface area contributed by atoms with E-state index in [-0.39, 0.29) is 23.3 Å². The van der Waals surface area contributed by atoms with Crippen molar-refractivity contribution < 1.29 is 9.53 Å². The van der Waals surface area contributed by atoms with E-state index in [0.717, 1.165) is 30.8 Å². The Hall–Kier alpha value is -1.56. The summed E-state index contributed by atoms with van der Waals surface area (Å²) in [5.74, 6) is 0. The van der Waals surface area contributed by atoms with Gasteiger partial charge in [-0.3, -0.25) is 4.68 Å². The zero-order valence-corrected chi connectivity index (χ0v) is 15.2. The number of hydrogen-bond acceptors (Lipinski definition) is 3. The average molecular weight is 322 g/mol. The first-order valence-electron chi connectivity index (χ1n) is 8.35. The Labute approximate surface area is 139 Å². The monoisotopic (exact) mass is 322 g/mol. The molecule has 0 spiro atoms. The van der Waals surface area contributed by atoms with Crippen LogP contribution in [0.5, 0.6) is 0 Å². The van der Waals surface area contributed by atoms with E-state index in [1.165, 1.54) is 0 Å². The van der Waals surface area contributed by atoms with Gasteiger partial charge >= 0.3 is 6.03 Å². The molecule has 0 radical (unpaired) electrons. The van der Waals surface area contributed by atoms with Gasteiger partial charge in [0.25, 0.3) is 0 Å². The molecule has 6 heteroatoms. The molecule has 2 rings (SSSR count). The summed E-state index contributed by atoms with van der Waals surface area (Å²) in [6.45, 7) is 13.6. The van der Waals surface area contributed by atoms with Crippen molar-refractivity contribution in [3.63, 3.8) is 0 Å². The lowest BCUT2D eigenvalue weighted by atomic mass is 9.95. The van der Waals surface area contributed by atoms with Crippen LogP contribution in [-0.2, 0) is 11.3 Å². The van der Waals surface area contributed by atoms with Crippen LogP contribution in [-0.4, -0.2) is 39.6 Å². The standard InChI is InChI=1S/C17H30N4O2/c1-12-10-13(2)21(20-12)9-7-8-18-15(22)19-14-11-16(3,4)23-17(14,5)6/h10,14H,7-9,11H2,1-6H3,(H2,18,19,22)/t14-/m1/s1. The normalized spacial score (nSPS) is 22.1. The minimum absolute atomic E-state index is 0.0218. The predicted molar refractivity (Wildman–Crippen MR) is 90.5 cm³/mol. The molecular formula is C17H30N4O2. The molecule has 0 aromatic carbocycles. The quantitative estimate of drug-likeness (QED) is 0.819. The van der Waals surface area contributed by atoms with Gasteiger partial charge in [-0.05, 0) is 60.5 Å². The Morgan fingerprint density at radius 2 is 2.09 bits per heavy atom. The van der Waals surface area contributed by atoms with Crippen LogP contribution in [0.4, 0.5) is 4.79 Å². The summed E-state index contributed by atoms with van der Waals surface area (Å²) in [5, 5.41) is 10.4. The van der Waals surface area contributed by atoms with Crippen molar-refractivity contribution >= 4 is 6.03 Å². The number of urea groups is 1. The Morgan fingerprint density at radius 3 is 2.61 bits per heavy atom. The molecule has 0 unspecified atom stereocenters. The number of carbonyl (C=O) groups is 1. The van der Waals surface area contributed by atoms with Gasteiger partial charge in [-0.2, -0.15) is 5.10 Å². The average Bonchev–Trinajstić information content (AvgIpc) is 2.80. The van der Waals surface area contributed by atoms with Gasteiger partial charge in [0.15, 0.2) is 0 Å². The lowest BCUT2D eigenvalue weighted by Gasteiger charge is -2.27. The predicted octanol–water partition coefficient (Wildman–Crippen LogP) is 2.54. The number of hydrogen-bond donors (Lipinski definition) is 2. The minimum atomic E-state index is -0.343. The van der Waals surface area contributed by atoms with Crippen LogP contribution in [0.1, 0.15) is 51.9 Å². The highest BCUT2D eigenvalue weighted by molar-refractivity contribution is 5.74. The Kier molecular flexibility index (Phi) is 5.04. The number of carbonyl (C=O) groups excluding carboxylic acids is 1. The molecule has 2 N–H and O–H groups in total. The van der Waals surface area contributed by atoms with Crippen molar-refractivity contribution in [3.8, 4) is 0 Å². The molecule has 1 aromatic heterocycles. The molecule has 2 heterocycles. The number of rotatable bonds is 5. The Morgan fingerprint density at radius 1 is 1.39 bits per heavy atom. The van der Waals surface area contributed by atoms with Crippen LogP contribution in [0.3, 0.4) is 0 Å². The smallest absolute Gasteiger partial charge is 0.315 e. The van der Waals surface area contributed by atoms with Crippen LogP contribution in [0.2, 0.25) is 0 Å². The van der Waals surface area contributed by atoms with Crippen LogP contribution in [0, 0.1) is 13.8 Å². The van der Waals surface area contributed by atoms with E-state index in [4.69, 9.17) is 4.74 Å². The fourth-order valence-corrected chi connectivity index (χ4v) is 3.33. The first-order chi connectivity index (χ1) is 10.6. The third kappa shape index (κ3) is 4.70. The summed E-state index contributed by atoms with van der Waals surface area (Å²) in [4.78, 5) is 12.1. The Balaban J connectivity index is 1.72. The van der Waals surface area contributed by atoms with E-state index in [2.05, 4.69) is 35.6 Å². The molecule has 1 saturated heterocycles. The van der Waals surface area contributed by atoms with Crippen molar-refractivity contribution in [2.45, 2.75) is 78.2 Å². The topological polar surface area (TPSA) is 68.2 Å². The van der Waals surface area contributed by atoms with E-state index < -0.39 is 0 Å². The van der Waals surface area contributed by atoms with Gasteiger partial charge in [0, 0.05) is 18.8 Å². The maximum atomic E-state index is 12.1. The first kappa shape index (κ1) is 17.8. The highest BCUT2D eigenvalue weighted by Gasteiger charge is 2.46. The second-order valence-corrected chi connectivity index (χ2v) is 7.63. The molecular weight excluding hydrogens is 292 g/mol. The number of amides is 2. The first-order valence-corrected chi connectivity index (χ1v) is 8.35. The third-order valence-electron chi connectivity index (χ3n) is 4.32. The van der Waals surface area contributed by atoms with Crippen LogP contribution < -0.4 is 10.6 Å². The van der Waals surface area contributed by atoms with Crippen LogP contribution in [0.25, 0.3) is 0 Å². The van der Waals surface area contributed by atoms with E-state index in [0.29, 0.717) is 6.54 Å². The van der Waals surface area contributed by atoms with E-state index in [9.17, 15) is 4.79 Å². The zero-order valence-electron chi connectivity index (χ0n) is 15.2. The van der Waals surface area contributed by atoms with Crippen molar-refractivity contribution in [1.29, 1.82) is 0 Å². The largest absolute Gasteiger partial charge is 0.367 e. The summed E-state index contributed by atoms with van der Waals surface area (Å²) in [7, 11) is 0. The van der Waals surface area contributed by atoms with Crippen molar-refractivity contribution in [2.75, 3.05) is 6.54 Å². The number of nitrogens with one attached hydrogen (secondary N) is 2. The van der Waals surface area contributed by atoms with Crippen molar-refractivity contribution in [3.05, 3.63) is 17.5 Å². The number of nitrogens with zero attached hydrogens (tertiary/aromatic N) is 2. The van der Waals surface area contributed by atoms with Crippen molar-refractivity contribution in [2.24, 2.45) is 0 Å². The molecule has 0 aliphatic carbocycles. The lowest BCUT2D eigenvalue weighted by Crippen LogP contribution is -2.49. The zero-order chi connectivity index (χ0) is 17.3. The summed E-state index contributed by atoms with van der Waals surface area (Å²) in [5.41, 5.74) is 1.64. The van der Waals surface area contributed by atoms with Gasteiger partial charge in [0.2, 0.25) is 0 Å². The molecule has 6 nitrogen and oxygen atoms in total. The Bertz CT molecular complexity index is 563. The van der Waals surface area contributed by atoms with E-state index >= 15 is 0 Å². The summed E-state index contributed by atoms with van der Waals surface area (Å²) in [6.07, 6.45) is 1.67. The molecule has 2 amide bonds.